The van der Waals surface area contributed by atoms with E-state index in [0.717, 1.165) is 12.8 Å². The average Bonchev–Trinajstić information content (AvgIpc) is 2.99. The van der Waals surface area contributed by atoms with Crippen LogP contribution in [-0.4, -0.2) is 40.8 Å². The number of aromatic nitrogens is 1. The van der Waals surface area contributed by atoms with Gasteiger partial charge >= 0.3 is 0 Å². The van der Waals surface area contributed by atoms with E-state index in [1.54, 1.807) is 0 Å². The van der Waals surface area contributed by atoms with E-state index < -0.39 is 5.60 Å². The van der Waals surface area contributed by atoms with Crippen molar-refractivity contribution in [2.75, 3.05) is 24.7 Å². The first-order chi connectivity index (χ1) is 15.5. The predicted octanol–water partition coefficient (Wildman–Crippen LogP) is 3.49. The maximum atomic E-state index is 11.0. The van der Waals surface area contributed by atoms with Crippen LogP contribution in [0.25, 0.3) is 11.1 Å². The lowest BCUT2D eigenvalue weighted by Crippen LogP contribution is -2.38. The zero-order chi connectivity index (χ0) is 22.3. The maximum Gasteiger partial charge on any atom is 0.145 e. The Morgan fingerprint density at radius 1 is 1.12 bits per heavy atom. The van der Waals surface area contributed by atoms with Gasteiger partial charge in [0.15, 0.2) is 0 Å². The molecule has 2 aromatic rings. The number of hydrogen-bond acceptors (Lipinski definition) is 8. The summed E-state index contributed by atoms with van der Waals surface area (Å²) in [4.78, 5) is 4.37. The number of fused-ring (bicyclic) bond motifs is 1. The Balaban J connectivity index is 1.44. The summed E-state index contributed by atoms with van der Waals surface area (Å²) < 4.78 is 10.9. The normalized spacial score (nSPS) is 26.3. The number of hydrogen-bond donors (Lipinski definition) is 2. The van der Waals surface area contributed by atoms with Crippen LogP contribution in [0.4, 0.5) is 5.82 Å². The molecule has 0 amide bonds. The van der Waals surface area contributed by atoms with Crippen molar-refractivity contribution in [2.45, 2.75) is 42.4 Å². The molecular formula is C24H24N4O3S. The summed E-state index contributed by atoms with van der Waals surface area (Å²) >= 11 is 1.35. The number of nitrogen functional groups attached to an aromatic ring is 1. The van der Waals surface area contributed by atoms with Gasteiger partial charge in [-0.2, -0.15) is 10.5 Å². The van der Waals surface area contributed by atoms with Crippen LogP contribution in [0.5, 0.6) is 5.75 Å². The van der Waals surface area contributed by atoms with Crippen molar-refractivity contribution in [3.8, 4) is 29.0 Å². The summed E-state index contributed by atoms with van der Waals surface area (Å²) in [6.45, 7) is 1.16. The number of benzene rings is 1. The quantitative estimate of drug-likeness (QED) is 0.643. The van der Waals surface area contributed by atoms with E-state index in [1.807, 2.05) is 24.3 Å². The average molecular weight is 449 g/mol. The third-order valence-electron chi connectivity index (χ3n) is 6.81. The second-order valence-electron chi connectivity index (χ2n) is 8.97. The molecule has 164 valence electrons. The maximum absolute atomic E-state index is 11.0. The minimum atomic E-state index is -0.738. The Morgan fingerprint density at radius 2 is 1.78 bits per heavy atom. The predicted molar refractivity (Wildman–Crippen MR) is 120 cm³/mol. The number of ether oxygens (including phenoxy) is 2. The third kappa shape index (κ3) is 3.80. The van der Waals surface area contributed by atoms with Gasteiger partial charge in [-0.05, 0) is 55.2 Å². The zero-order valence-corrected chi connectivity index (χ0v) is 18.4. The Bertz CT molecular complexity index is 1110. The Morgan fingerprint density at radius 3 is 2.31 bits per heavy atom. The smallest absolute Gasteiger partial charge is 0.145 e. The van der Waals surface area contributed by atoms with Gasteiger partial charge in [-0.25, -0.2) is 4.98 Å². The standard InChI is InChI=1S/C24H24N4O3S/c25-9-19-21(14-3-5-17(6-4-14)31-18-11-30-12-18)20(10-26)23(28-22(19)27)32-13-24(29)7-15-1-2-16(15)8-24/h3-6,15-16,18,29H,1-2,7-8,11-13H2,(H2,27,28). The molecular weight excluding hydrogens is 424 g/mol. The molecule has 1 aromatic heterocycles. The molecule has 0 bridgehead atoms. The Kier molecular flexibility index (Phi) is 5.46. The lowest BCUT2D eigenvalue weighted by atomic mass is 9.77. The number of aliphatic hydroxyl groups is 1. The molecule has 2 aliphatic carbocycles. The van der Waals surface area contributed by atoms with Crippen molar-refractivity contribution in [1.82, 2.24) is 4.98 Å². The topological polar surface area (TPSA) is 125 Å². The molecule has 1 aliphatic heterocycles. The molecule has 3 N–H and O–H groups in total. The van der Waals surface area contributed by atoms with Gasteiger partial charge in [0.1, 0.15) is 40.4 Å². The number of nitrogens with two attached hydrogens (primary N) is 1. The molecule has 1 saturated heterocycles. The Labute approximate surface area is 191 Å². The van der Waals surface area contributed by atoms with E-state index in [0.29, 0.717) is 58.3 Å². The van der Waals surface area contributed by atoms with Crippen molar-refractivity contribution in [3.05, 3.63) is 35.4 Å². The van der Waals surface area contributed by atoms with Crippen molar-refractivity contribution < 1.29 is 14.6 Å². The molecule has 7 nitrogen and oxygen atoms in total. The molecule has 2 atom stereocenters. The van der Waals surface area contributed by atoms with Crippen LogP contribution < -0.4 is 10.5 Å². The van der Waals surface area contributed by atoms with Gasteiger partial charge < -0.3 is 20.3 Å². The van der Waals surface area contributed by atoms with Crippen LogP contribution >= 0.6 is 11.8 Å². The highest BCUT2D eigenvalue weighted by molar-refractivity contribution is 7.99. The van der Waals surface area contributed by atoms with Crippen LogP contribution in [0.2, 0.25) is 0 Å². The van der Waals surface area contributed by atoms with Crippen LogP contribution in [0.1, 0.15) is 36.8 Å². The molecule has 2 unspecified atom stereocenters. The number of anilines is 1. The van der Waals surface area contributed by atoms with E-state index in [4.69, 9.17) is 15.2 Å². The highest BCUT2D eigenvalue weighted by Crippen LogP contribution is 2.52. The van der Waals surface area contributed by atoms with Gasteiger partial charge in [-0.15, -0.1) is 11.8 Å². The summed E-state index contributed by atoms with van der Waals surface area (Å²) in [7, 11) is 0. The van der Waals surface area contributed by atoms with Gasteiger partial charge in [0.05, 0.1) is 24.4 Å². The van der Waals surface area contributed by atoms with Gasteiger partial charge in [-0.3, -0.25) is 0 Å². The second-order valence-corrected chi connectivity index (χ2v) is 9.94. The highest BCUT2D eigenvalue weighted by Gasteiger charge is 2.48. The van der Waals surface area contributed by atoms with Gasteiger partial charge in [0, 0.05) is 11.3 Å². The first-order valence-corrected chi connectivity index (χ1v) is 11.8. The van der Waals surface area contributed by atoms with Gasteiger partial charge in [0.25, 0.3) is 0 Å². The summed E-state index contributed by atoms with van der Waals surface area (Å²) in [6.07, 6.45) is 4.06. The van der Waals surface area contributed by atoms with Gasteiger partial charge in [0.2, 0.25) is 0 Å². The highest BCUT2D eigenvalue weighted by atomic mass is 32.2. The lowest BCUT2D eigenvalue weighted by molar-refractivity contribution is -0.0796. The van der Waals surface area contributed by atoms with E-state index in [2.05, 4.69) is 17.1 Å². The minimum absolute atomic E-state index is 0.0568. The second kappa shape index (κ2) is 8.29. The molecule has 0 spiro atoms. The van der Waals surface area contributed by atoms with E-state index in [9.17, 15) is 15.6 Å². The molecule has 3 fully saturated rings. The molecule has 1 aromatic carbocycles. The fourth-order valence-electron chi connectivity index (χ4n) is 4.92. The van der Waals surface area contributed by atoms with Crippen molar-refractivity contribution in [1.29, 1.82) is 10.5 Å². The van der Waals surface area contributed by atoms with Gasteiger partial charge in [-0.1, -0.05) is 12.1 Å². The van der Waals surface area contributed by atoms with Crippen molar-refractivity contribution in [3.63, 3.8) is 0 Å². The first kappa shape index (κ1) is 21.1. The molecule has 2 heterocycles. The lowest BCUT2D eigenvalue weighted by Gasteiger charge is -2.28. The minimum Gasteiger partial charge on any atom is -0.486 e. The summed E-state index contributed by atoms with van der Waals surface area (Å²) in [5, 5.41) is 31.2. The van der Waals surface area contributed by atoms with E-state index in [1.165, 1.54) is 24.6 Å². The molecule has 5 rings (SSSR count). The molecule has 3 aliphatic rings. The number of pyridine rings is 1. The molecule has 2 saturated carbocycles. The van der Waals surface area contributed by atoms with Crippen LogP contribution in [0, 0.1) is 34.5 Å². The number of thioether (sulfide) groups is 1. The fourth-order valence-corrected chi connectivity index (χ4v) is 6.02. The van der Waals surface area contributed by atoms with Crippen molar-refractivity contribution in [2.24, 2.45) is 11.8 Å². The number of nitriles is 2. The van der Waals surface area contributed by atoms with Crippen LogP contribution in [0.15, 0.2) is 29.3 Å². The Hall–Kier alpha value is -2.78. The number of rotatable bonds is 6. The summed E-state index contributed by atoms with van der Waals surface area (Å²) in [5.74, 6) is 2.50. The molecule has 8 heteroatoms. The SMILES string of the molecule is N#Cc1c(N)nc(SCC2(O)CC3CCC3C2)c(C#N)c1-c1ccc(OC2COC2)cc1. The first-order valence-electron chi connectivity index (χ1n) is 10.8. The monoisotopic (exact) mass is 448 g/mol. The fraction of sp³-hybridized carbons (Fsp3) is 0.458. The van der Waals surface area contributed by atoms with Crippen molar-refractivity contribution >= 4 is 17.6 Å². The van der Waals surface area contributed by atoms with Crippen LogP contribution in [0.3, 0.4) is 0 Å². The number of nitrogens with zero attached hydrogens (tertiary/aromatic N) is 3. The third-order valence-corrected chi connectivity index (χ3v) is 8.06. The summed E-state index contributed by atoms with van der Waals surface area (Å²) in [5.41, 5.74) is 7.06. The van der Waals surface area contributed by atoms with E-state index >= 15 is 0 Å². The van der Waals surface area contributed by atoms with Crippen LogP contribution in [-0.2, 0) is 4.74 Å². The zero-order valence-electron chi connectivity index (χ0n) is 17.6. The molecule has 0 radical (unpaired) electrons. The van der Waals surface area contributed by atoms with E-state index in [-0.39, 0.29) is 17.5 Å². The largest absolute Gasteiger partial charge is 0.486 e. The molecule has 32 heavy (non-hydrogen) atoms. The summed E-state index contributed by atoms with van der Waals surface area (Å²) in [6, 6.07) is 11.6.